The van der Waals surface area contributed by atoms with E-state index >= 15 is 0 Å². The molecule has 1 heterocycles. The van der Waals surface area contributed by atoms with Crippen LogP contribution in [-0.4, -0.2) is 17.4 Å². The predicted molar refractivity (Wildman–Crippen MR) is 120 cm³/mol. The number of halogens is 2. The van der Waals surface area contributed by atoms with Crippen LogP contribution < -0.4 is 10.6 Å². The van der Waals surface area contributed by atoms with Crippen molar-refractivity contribution < 1.29 is 4.79 Å². The van der Waals surface area contributed by atoms with Crippen LogP contribution in [0.4, 0.5) is 5.13 Å². The molecule has 1 amide bonds. The van der Waals surface area contributed by atoms with Crippen LogP contribution in [0.1, 0.15) is 27.6 Å². The van der Waals surface area contributed by atoms with Crippen molar-refractivity contribution in [3.8, 4) is 0 Å². The van der Waals surface area contributed by atoms with Gasteiger partial charge in [0.1, 0.15) is 6.04 Å². The highest BCUT2D eigenvalue weighted by Crippen LogP contribution is 2.25. The third-order valence-electron chi connectivity index (χ3n) is 4.35. The summed E-state index contributed by atoms with van der Waals surface area (Å²) in [6.07, 6.45) is 2.51. The Bertz CT molecular complexity index is 910. The normalized spacial score (nSPS) is 11.6. The molecule has 0 aliphatic heterocycles. The summed E-state index contributed by atoms with van der Waals surface area (Å²) in [5, 5.41) is 1.29. The molecule has 0 spiro atoms. The van der Waals surface area contributed by atoms with E-state index in [-0.39, 0.29) is 18.3 Å². The van der Waals surface area contributed by atoms with Gasteiger partial charge in [0, 0.05) is 22.6 Å². The summed E-state index contributed by atoms with van der Waals surface area (Å²) in [6, 6.07) is 14.6. The summed E-state index contributed by atoms with van der Waals surface area (Å²) in [6.45, 7) is 4.56. The van der Waals surface area contributed by atoms with E-state index in [2.05, 4.69) is 36.2 Å². The van der Waals surface area contributed by atoms with E-state index in [4.69, 9.17) is 17.3 Å². The van der Waals surface area contributed by atoms with Crippen molar-refractivity contribution in [2.45, 2.75) is 26.3 Å². The van der Waals surface area contributed by atoms with Crippen molar-refractivity contribution >= 4 is 46.4 Å². The van der Waals surface area contributed by atoms with Crippen LogP contribution in [0.25, 0.3) is 0 Å². The van der Waals surface area contributed by atoms with Crippen LogP contribution in [0.5, 0.6) is 0 Å². The molecule has 4 nitrogen and oxygen atoms in total. The number of hydrogen-bond acceptors (Lipinski definition) is 4. The first-order chi connectivity index (χ1) is 12.9. The molecule has 0 radical (unpaired) electrons. The maximum atomic E-state index is 13.1. The summed E-state index contributed by atoms with van der Waals surface area (Å²) in [5.41, 5.74) is 9.39. The quantitative estimate of drug-likeness (QED) is 0.584. The van der Waals surface area contributed by atoms with Gasteiger partial charge in [-0.05, 0) is 43.5 Å². The van der Waals surface area contributed by atoms with Gasteiger partial charge >= 0.3 is 0 Å². The van der Waals surface area contributed by atoms with Gasteiger partial charge in [0.2, 0.25) is 5.91 Å². The number of hydrogen-bond donors (Lipinski definition) is 1. The van der Waals surface area contributed by atoms with Crippen LogP contribution in [0, 0.1) is 13.8 Å². The van der Waals surface area contributed by atoms with E-state index in [0.717, 1.165) is 16.9 Å². The molecule has 1 aromatic heterocycles. The fraction of sp³-hybridized carbons (Fsp3) is 0.238. The first kappa shape index (κ1) is 22.4. The average molecular weight is 436 g/mol. The van der Waals surface area contributed by atoms with Crippen molar-refractivity contribution in [3.63, 3.8) is 0 Å². The van der Waals surface area contributed by atoms with Crippen LogP contribution in [0.2, 0.25) is 5.02 Å². The Balaban J connectivity index is 0.00000280. The van der Waals surface area contributed by atoms with Gasteiger partial charge in [0.25, 0.3) is 0 Å². The molecular weight excluding hydrogens is 413 g/mol. The van der Waals surface area contributed by atoms with Crippen molar-refractivity contribution in [2.75, 3.05) is 11.4 Å². The number of thiazole rings is 1. The molecule has 3 aromatic rings. The molecule has 0 unspecified atom stereocenters. The van der Waals surface area contributed by atoms with Gasteiger partial charge in [-0.15, -0.1) is 23.7 Å². The zero-order chi connectivity index (χ0) is 19.4. The third-order valence-corrected chi connectivity index (χ3v) is 5.53. The molecule has 2 N–H and O–H groups in total. The van der Waals surface area contributed by atoms with E-state index in [1.165, 1.54) is 22.5 Å². The fourth-order valence-corrected chi connectivity index (χ4v) is 3.66. The summed E-state index contributed by atoms with van der Waals surface area (Å²) in [4.78, 5) is 20.3. The van der Waals surface area contributed by atoms with E-state index in [9.17, 15) is 4.79 Å². The maximum absolute atomic E-state index is 13.1. The SMILES string of the molecule is Cc1ccc(CCN(C(=O)[C@H](N)c2ccc(Cl)cc2)c2ncc(C)s2)cc1.Cl. The summed E-state index contributed by atoms with van der Waals surface area (Å²) in [5.74, 6) is -0.168. The Morgan fingerprint density at radius 1 is 1.14 bits per heavy atom. The number of aromatic nitrogens is 1. The number of nitrogens with zero attached hydrogens (tertiary/aromatic N) is 2. The Hall–Kier alpha value is -1.92. The fourth-order valence-electron chi connectivity index (χ4n) is 2.74. The first-order valence-electron chi connectivity index (χ1n) is 8.74. The molecule has 0 saturated heterocycles. The lowest BCUT2D eigenvalue weighted by atomic mass is 10.1. The monoisotopic (exact) mass is 435 g/mol. The molecular formula is C21H23Cl2N3OS. The molecule has 0 saturated carbocycles. The van der Waals surface area contributed by atoms with Crippen LogP contribution >= 0.6 is 35.3 Å². The number of amides is 1. The van der Waals surface area contributed by atoms with Crippen molar-refractivity contribution in [1.29, 1.82) is 0 Å². The van der Waals surface area contributed by atoms with E-state index in [1.54, 1.807) is 35.4 Å². The zero-order valence-corrected chi connectivity index (χ0v) is 18.2. The van der Waals surface area contributed by atoms with Gasteiger partial charge in [0.15, 0.2) is 5.13 Å². The van der Waals surface area contributed by atoms with E-state index in [1.807, 2.05) is 6.92 Å². The predicted octanol–water partition coefficient (Wildman–Crippen LogP) is 5.11. The topological polar surface area (TPSA) is 59.2 Å². The number of benzene rings is 2. The second kappa shape index (κ2) is 10.0. The molecule has 2 aromatic carbocycles. The second-order valence-corrected chi connectivity index (χ2v) is 8.16. The molecule has 0 aliphatic carbocycles. The van der Waals surface area contributed by atoms with Gasteiger partial charge in [-0.3, -0.25) is 9.69 Å². The molecule has 7 heteroatoms. The summed E-state index contributed by atoms with van der Waals surface area (Å²) >= 11 is 7.44. The first-order valence-corrected chi connectivity index (χ1v) is 9.94. The molecule has 28 heavy (non-hydrogen) atoms. The van der Waals surface area contributed by atoms with E-state index < -0.39 is 6.04 Å². The molecule has 0 aliphatic rings. The van der Waals surface area contributed by atoms with Crippen LogP contribution in [-0.2, 0) is 11.2 Å². The van der Waals surface area contributed by atoms with Crippen molar-refractivity contribution in [1.82, 2.24) is 4.98 Å². The van der Waals surface area contributed by atoms with Crippen molar-refractivity contribution in [3.05, 3.63) is 81.3 Å². The Labute approximate surface area is 180 Å². The highest BCUT2D eigenvalue weighted by atomic mass is 35.5. The van der Waals surface area contributed by atoms with E-state index in [0.29, 0.717) is 16.7 Å². The number of carbonyl (C=O) groups is 1. The summed E-state index contributed by atoms with van der Waals surface area (Å²) in [7, 11) is 0. The number of nitrogens with two attached hydrogens (primary N) is 1. The number of aryl methyl sites for hydroxylation is 2. The minimum atomic E-state index is -0.760. The lowest BCUT2D eigenvalue weighted by Crippen LogP contribution is -2.40. The average Bonchev–Trinajstić information content (AvgIpc) is 3.09. The lowest BCUT2D eigenvalue weighted by molar-refractivity contribution is -0.120. The van der Waals surface area contributed by atoms with Gasteiger partial charge in [-0.25, -0.2) is 4.98 Å². The van der Waals surface area contributed by atoms with Crippen LogP contribution in [0.15, 0.2) is 54.7 Å². The highest BCUT2D eigenvalue weighted by Gasteiger charge is 2.25. The van der Waals surface area contributed by atoms with Crippen molar-refractivity contribution in [2.24, 2.45) is 5.73 Å². The molecule has 148 valence electrons. The zero-order valence-electron chi connectivity index (χ0n) is 15.8. The molecule has 0 bridgehead atoms. The maximum Gasteiger partial charge on any atom is 0.250 e. The minimum absolute atomic E-state index is 0. The van der Waals surface area contributed by atoms with Gasteiger partial charge in [0.05, 0.1) is 0 Å². The standard InChI is InChI=1S/C21H22ClN3OS.ClH/c1-14-3-5-16(6-4-14)11-12-25(21-24-13-15(2)27-21)20(26)19(23)17-7-9-18(22)10-8-17;/h3-10,13,19H,11-12,23H2,1-2H3;1H/t19-;/m1./s1. The minimum Gasteiger partial charge on any atom is -0.316 e. The summed E-state index contributed by atoms with van der Waals surface area (Å²) < 4.78 is 0. The van der Waals surface area contributed by atoms with Crippen LogP contribution in [0.3, 0.4) is 0 Å². The Morgan fingerprint density at radius 3 is 2.36 bits per heavy atom. The number of rotatable bonds is 6. The second-order valence-electron chi connectivity index (χ2n) is 6.51. The Kier molecular flexibility index (Phi) is 8.01. The lowest BCUT2D eigenvalue weighted by Gasteiger charge is -2.24. The van der Waals surface area contributed by atoms with Gasteiger partial charge in [-0.2, -0.15) is 0 Å². The smallest absolute Gasteiger partial charge is 0.250 e. The number of carbonyl (C=O) groups excluding carboxylic acids is 1. The molecule has 3 rings (SSSR count). The Morgan fingerprint density at radius 2 is 1.79 bits per heavy atom. The third kappa shape index (κ3) is 5.55. The molecule has 0 fully saturated rings. The van der Waals surface area contributed by atoms with Gasteiger partial charge < -0.3 is 5.73 Å². The molecule has 1 atom stereocenters. The largest absolute Gasteiger partial charge is 0.316 e. The number of anilines is 1. The highest BCUT2D eigenvalue weighted by molar-refractivity contribution is 7.15. The van der Waals surface area contributed by atoms with Gasteiger partial charge in [-0.1, -0.05) is 53.6 Å².